The average Bonchev–Trinajstić information content (AvgIpc) is 3.23. The van der Waals surface area contributed by atoms with Crippen LogP contribution in [0.3, 0.4) is 0 Å². The van der Waals surface area contributed by atoms with Crippen molar-refractivity contribution in [2.45, 2.75) is 25.4 Å². The number of benzene rings is 1. The molecule has 4 rings (SSSR count). The van der Waals surface area contributed by atoms with Crippen LogP contribution in [0, 0.1) is 12.8 Å². The van der Waals surface area contributed by atoms with Crippen molar-refractivity contribution < 1.29 is 18.8 Å². The monoisotopic (exact) mass is 386 g/mol. The van der Waals surface area contributed by atoms with E-state index in [0.29, 0.717) is 33.4 Å². The van der Waals surface area contributed by atoms with E-state index < -0.39 is 5.60 Å². The van der Waals surface area contributed by atoms with Gasteiger partial charge in [-0.05, 0) is 43.9 Å². The lowest BCUT2D eigenvalue weighted by Crippen LogP contribution is -2.42. The molecule has 1 aliphatic carbocycles. The summed E-state index contributed by atoms with van der Waals surface area (Å²) in [4.78, 5) is 12.9. The molecule has 1 saturated carbocycles. The molecule has 1 atom stereocenters. The predicted octanol–water partition coefficient (Wildman–Crippen LogP) is 3.92. The summed E-state index contributed by atoms with van der Waals surface area (Å²) in [5, 5.41) is 18.4. The van der Waals surface area contributed by atoms with Crippen molar-refractivity contribution in [1.82, 2.24) is 10.5 Å². The molecule has 1 amide bonds. The van der Waals surface area contributed by atoms with E-state index in [-0.39, 0.29) is 18.4 Å². The SMILES string of the molecule is Cc1onc(-c2ccccc2Cl)c1C(=O)NCC(O)(c1ccco1)C1CC1. The Kier molecular flexibility index (Phi) is 4.53. The van der Waals surface area contributed by atoms with Crippen molar-refractivity contribution in [1.29, 1.82) is 0 Å². The first-order chi connectivity index (χ1) is 13.0. The molecule has 1 fully saturated rings. The van der Waals surface area contributed by atoms with Crippen LogP contribution in [0.2, 0.25) is 5.02 Å². The van der Waals surface area contributed by atoms with Crippen molar-refractivity contribution in [2.75, 3.05) is 6.54 Å². The van der Waals surface area contributed by atoms with E-state index in [0.717, 1.165) is 12.8 Å². The summed E-state index contributed by atoms with van der Waals surface area (Å²) in [5.41, 5.74) is 0.0725. The lowest BCUT2D eigenvalue weighted by atomic mass is 9.94. The van der Waals surface area contributed by atoms with E-state index >= 15 is 0 Å². The second-order valence-corrected chi connectivity index (χ2v) is 7.21. The Morgan fingerprint density at radius 3 is 2.78 bits per heavy atom. The Hall–Kier alpha value is -2.57. The van der Waals surface area contributed by atoms with Gasteiger partial charge >= 0.3 is 0 Å². The zero-order valence-electron chi connectivity index (χ0n) is 14.7. The third kappa shape index (κ3) is 3.26. The molecule has 7 heteroatoms. The van der Waals surface area contributed by atoms with Gasteiger partial charge in [0.1, 0.15) is 28.4 Å². The number of aryl methyl sites for hydroxylation is 1. The fourth-order valence-corrected chi connectivity index (χ4v) is 3.52. The van der Waals surface area contributed by atoms with Gasteiger partial charge in [0.05, 0.1) is 17.8 Å². The summed E-state index contributed by atoms with van der Waals surface area (Å²) in [6.07, 6.45) is 3.30. The second kappa shape index (κ2) is 6.87. The molecule has 0 radical (unpaired) electrons. The Morgan fingerprint density at radius 2 is 2.11 bits per heavy atom. The van der Waals surface area contributed by atoms with Gasteiger partial charge in [-0.2, -0.15) is 0 Å². The quantitative estimate of drug-likeness (QED) is 0.670. The van der Waals surface area contributed by atoms with Crippen LogP contribution < -0.4 is 5.32 Å². The van der Waals surface area contributed by atoms with Gasteiger partial charge in [0, 0.05) is 5.56 Å². The molecule has 0 saturated heterocycles. The maximum Gasteiger partial charge on any atom is 0.257 e. The number of hydrogen-bond acceptors (Lipinski definition) is 5. The molecule has 2 aromatic heterocycles. The predicted molar refractivity (Wildman–Crippen MR) is 99.3 cm³/mol. The summed E-state index contributed by atoms with van der Waals surface area (Å²) in [6, 6.07) is 10.6. The zero-order chi connectivity index (χ0) is 19.0. The van der Waals surface area contributed by atoms with Crippen LogP contribution in [0.25, 0.3) is 11.3 Å². The van der Waals surface area contributed by atoms with Crippen molar-refractivity contribution in [3.05, 3.63) is 64.8 Å². The number of carbonyl (C=O) groups is 1. The van der Waals surface area contributed by atoms with Crippen molar-refractivity contribution in [2.24, 2.45) is 5.92 Å². The van der Waals surface area contributed by atoms with Crippen LogP contribution in [0.1, 0.15) is 34.7 Å². The Bertz CT molecular complexity index is 962. The van der Waals surface area contributed by atoms with E-state index in [4.69, 9.17) is 20.5 Å². The largest absolute Gasteiger partial charge is 0.466 e. The fourth-order valence-electron chi connectivity index (χ4n) is 3.30. The summed E-state index contributed by atoms with van der Waals surface area (Å²) < 4.78 is 10.6. The second-order valence-electron chi connectivity index (χ2n) is 6.80. The molecule has 6 nitrogen and oxygen atoms in total. The van der Waals surface area contributed by atoms with Gasteiger partial charge in [-0.1, -0.05) is 35.0 Å². The highest BCUT2D eigenvalue weighted by atomic mass is 35.5. The fraction of sp³-hybridized carbons (Fsp3) is 0.300. The van der Waals surface area contributed by atoms with Crippen LogP contribution >= 0.6 is 11.6 Å². The minimum atomic E-state index is -1.23. The van der Waals surface area contributed by atoms with Gasteiger partial charge in [0.15, 0.2) is 0 Å². The number of rotatable bonds is 6. The molecule has 3 aromatic rings. The van der Waals surface area contributed by atoms with E-state index in [9.17, 15) is 9.90 Å². The minimum Gasteiger partial charge on any atom is -0.466 e. The molecule has 1 aliphatic rings. The molecule has 0 spiro atoms. The molecular weight excluding hydrogens is 368 g/mol. The van der Waals surface area contributed by atoms with Crippen LogP contribution in [-0.2, 0) is 5.60 Å². The van der Waals surface area contributed by atoms with E-state index in [1.807, 2.05) is 6.07 Å². The van der Waals surface area contributed by atoms with Crippen molar-refractivity contribution in [3.63, 3.8) is 0 Å². The Labute approximate surface area is 161 Å². The summed E-state index contributed by atoms with van der Waals surface area (Å²) in [5.74, 6) is 0.527. The van der Waals surface area contributed by atoms with Crippen LogP contribution in [0.4, 0.5) is 0 Å². The summed E-state index contributed by atoms with van der Waals surface area (Å²) in [7, 11) is 0. The first kappa shape index (κ1) is 17.8. The third-order valence-corrected chi connectivity index (χ3v) is 5.27. The molecule has 0 aliphatic heterocycles. The van der Waals surface area contributed by atoms with Crippen LogP contribution in [0.5, 0.6) is 0 Å². The molecular formula is C20H19ClN2O4. The van der Waals surface area contributed by atoms with Crippen molar-refractivity contribution in [3.8, 4) is 11.3 Å². The van der Waals surface area contributed by atoms with Gasteiger partial charge in [0.25, 0.3) is 5.91 Å². The van der Waals surface area contributed by atoms with Gasteiger partial charge in [-0.25, -0.2) is 0 Å². The highest BCUT2D eigenvalue weighted by Crippen LogP contribution is 2.45. The number of carbonyl (C=O) groups excluding carboxylic acids is 1. The first-order valence-corrected chi connectivity index (χ1v) is 9.14. The molecule has 1 unspecified atom stereocenters. The molecule has 27 heavy (non-hydrogen) atoms. The normalized spacial score (nSPS) is 16.1. The topological polar surface area (TPSA) is 88.5 Å². The third-order valence-electron chi connectivity index (χ3n) is 4.94. The number of nitrogens with one attached hydrogen (secondary N) is 1. The van der Waals surface area contributed by atoms with E-state index in [1.54, 1.807) is 37.3 Å². The molecule has 0 bridgehead atoms. The van der Waals surface area contributed by atoms with Crippen LogP contribution in [0.15, 0.2) is 51.6 Å². The van der Waals surface area contributed by atoms with Gasteiger partial charge in [-0.3, -0.25) is 4.79 Å². The summed E-state index contributed by atoms with van der Waals surface area (Å²) in [6.45, 7) is 1.71. The van der Waals surface area contributed by atoms with Gasteiger partial charge in [0.2, 0.25) is 0 Å². The maximum atomic E-state index is 12.9. The molecule has 2 N–H and O–H groups in total. The van der Waals surface area contributed by atoms with E-state index in [1.165, 1.54) is 6.26 Å². The van der Waals surface area contributed by atoms with E-state index in [2.05, 4.69) is 10.5 Å². The number of aliphatic hydroxyl groups is 1. The van der Waals surface area contributed by atoms with Crippen molar-refractivity contribution >= 4 is 17.5 Å². The number of halogens is 1. The molecule has 2 heterocycles. The molecule has 1 aromatic carbocycles. The number of aromatic nitrogens is 1. The number of amides is 1. The lowest BCUT2D eigenvalue weighted by Gasteiger charge is -2.26. The van der Waals surface area contributed by atoms with Crippen LogP contribution in [-0.4, -0.2) is 22.7 Å². The number of furan rings is 1. The lowest BCUT2D eigenvalue weighted by molar-refractivity contribution is -0.00611. The summed E-state index contributed by atoms with van der Waals surface area (Å²) >= 11 is 6.25. The number of nitrogens with zero attached hydrogens (tertiary/aromatic N) is 1. The average molecular weight is 387 g/mol. The minimum absolute atomic E-state index is 0.0383. The Morgan fingerprint density at radius 1 is 1.33 bits per heavy atom. The number of hydrogen-bond donors (Lipinski definition) is 2. The smallest absolute Gasteiger partial charge is 0.257 e. The van der Waals surface area contributed by atoms with Gasteiger partial charge in [-0.15, -0.1) is 0 Å². The Balaban J connectivity index is 1.59. The standard InChI is InChI=1S/C20H19ClN2O4/c1-12-17(18(23-27-12)14-5-2-3-6-15(14)21)19(24)22-11-20(25,13-8-9-13)16-7-4-10-26-16/h2-7,10,13,25H,8-9,11H2,1H3,(H,22,24). The molecule has 140 valence electrons. The highest BCUT2D eigenvalue weighted by Gasteiger charge is 2.47. The zero-order valence-corrected chi connectivity index (χ0v) is 15.5. The highest BCUT2D eigenvalue weighted by molar-refractivity contribution is 6.33. The first-order valence-electron chi connectivity index (χ1n) is 8.76. The van der Waals surface area contributed by atoms with Gasteiger partial charge < -0.3 is 19.4 Å². The maximum absolute atomic E-state index is 12.9.